The number of aromatic nitrogens is 2. The molecule has 4 rings (SSSR count). The van der Waals surface area contributed by atoms with Gasteiger partial charge in [-0.15, -0.1) is 4.40 Å². The van der Waals surface area contributed by atoms with Gasteiger partial charge in [0, 0.05) is 37.3 Å². The number of nitrogens with zero attached hydrogens (tertiary/aromatic N) is 4. The zero-order valence-corrected chi connectivity index (χ0v) is 13.0. The molecule has 1 fully saturated rings. The van der Waals surface area contributed by atoms with Crippen LogP contribution in [0.5, 0.6) is 0 Å². The van der Waals surface area contributed by atoms with Gasteiger partial charge in [-0.3, -0.25) is 4.68 Å². The van der Waals surface area contributed by atoms with Gasteiger partial charge in [-0.1, -0.05) is 12.1 Å². The summed E-state index contributed by atoms with van der Waals surface area (Å²) in [6, 6.07) is 7.01. The van der Waals surface area contributed by atoms with Crippen LogP contribution in [0, 0.1) is 12.8 Å². The highest BCUT2D eigenvalue weighted by atomic mass is 32.2. The van der Waals surface area contributed by atoms with E-state index in [-0.39, 0.29) is 0 Å². The Hall–Kier alpha value is -2.15. The van der Waals surface area contributed by atoms with Crippen LogP contribution in [0.3, 0.4) is 0 Å². The summed E-state index contributed by atoms with van der Waals surface area (Å²) in [6.45, 7) is 4.49. The largest absolute Gasteiger partial charge is 0.355 e. The van der Waals surface area contributed by atoms with E-state index in [1.807, 2.05) is 41.0 Å². The van der Waals surface area contributed by atoms with Crippen molar-refractivity contribution in [1.82, 2.24) is 14.7 Å². The Morgan fingerprint density at radius 2 is 2.05 bits per heavy atom. The van der Waals surface area contributed by atoms with E-state index < -0.39 is 10.0 Å². The van der Waals surface area contributed by atoms with Crippen LogP contribution in [0.4, 0.5) is 0 Å². The number of aryl methyl sites for hydroxylation is 1. The van der Waals surface area contributed by atoms with Crippen molar-refractivity contribution in [3.8, 4) is 0 Å². The van der Waals surface area contributed by atoms with Crippen molar-refractivity contribution in [2.24, 2.45) is 10.3 Å². The van der Waals surface area contributed by atoms with Gasteiger partial charge in [-0.2, -0.15) is 13.5 Å². The highest BCUT2D eigenvalue weighted by molar-refractivity contribution is 7.90. The molecule has 3 heterocycles. The third kappa shape index (κ3) is 2.12. The lowest BCUT2D eigenvalue weighted by Crippen LogP contribution is -2.51. The van der Waals surface area contributed by atoms with E-state index >= 15 is 0 Å². The molecule has 2 aliphatic heterocycles. The molecule has 0 spiro atoms. The maximum absolute atomic E-state index is 12.1. The molecule has 0 radical (unpaired) electrons. The Kier molecular flexibility index (Phi) is 2.87. The van der Waals surface area contributed by atoms with Crippen LogP contribution >= 0.6 is 0 Å². The average Bonchev–Trinajstić information content (AvgIpc) is 2.96. The number of fused-ring (bicyclic) bond motifs is 1. The van der Waals surface area contributed by atoms with Gasteiger partial charge < -0.3 is 4.90 Å². The molecule has 1 saturated heterocycles. The number of amidine groups is 1. The first-order valence-electron chi connectivity index (χ1n) is 7.21. The molecule has 0 unspecified atom stereocenters. The number of rotatable bonds is 2. The minimum absolute atomic E-state index is 0.316. The van der Waals surface area contributed by atoms with E-state index in [0.717, 1.165) is 30.8 Å². The molecule has 2 aromatic rings. The average molecular weight is 316 g/mol. The molecule has 7 heteroatoms. The second-order valence-corrected chi connectivity index (χ2v) is 7.47. The van der Waals surface area contributed by atoms with Crippen LogP contribution in [-0.2, 0) is 16.6 Å². The van der Waals surface area contributed by atoms with Crippen LogP contribution in [0.1, 0.15) is 11.1 Å². The van der Waals surface area contributed by atoms with Gasteiger partial charge in [0.1, 0.15) is 4.90 Å². The summed E-state index contributed by atoms with van der Waals surface area (Å²) in [5, 5.41) is 4.29. The third-order valence-electron chi connectivity index (χ3n) is 4.08. The van der Waals surface area contributed by atoms with Crippen LogP contribution < -0.4 is 0 Å². The number of hydrogen-bond donors (Lipinski definition) is 0. The predicted molar refractivity (Wildman–Crippen MR) is 82.2 cm³/mol. The van der Waals surface area contributed by atoms with Crippen molar-refractivity contribution >= 4 is 15.9 Å². The molecule has 0 bridgehead atoms. The maximum Gasteiger partial charge on any atom is 0.285 e. The fourth-order valence-electron chi connectivity index (χ4n) is 3.01. The van der Waals surface area contributed by atoms with Crippen LogP contribution in [0.15, 0.2) is 46.0 Å². The minimum atomic E-state index is -3.52. The smallest absolute Gasteiger partial charge is 0.285 e. The monoisotopic (exact) mass is 316 g/mol. The van der Waals surface area contributed by atoms with Gasteiger partial charge in [-0.05, 0) is 24.6 Å². The predicted octanol–water partition coefficient (Wildman–Crippen LogP) is 1.27. The van der Waals surface area contributed by atoms with E-state index in [9.17, 15) is 8.42 Å². The Labute approximate surface area is 129 Å². The van der Waals surface area contributed by atoms with Gasteiger partial charge in [0.25, 0.3) is 10.0 Å². The van der Waals surface area contributed by atoms with Crippen molar-refractivity contribution in [1.29, 1.82) is 0 Å². The molecule has 0 amide bonds. The molecule has 114 valence electrons. The SMILES string of the molecule is Cc1cnn(CC2CN(C3=NS(=O)(=O)c4ccccc43)C2)c1. The van der Waals surface area contributed by atoms with Gasteiger partial charge in [0.15, 0.2) is 5.84 Å². The van der Waals surface area contributed by atoms with E-state index in [2.05, 4.69) is 9.50 Å². The van der Waals surface area contributed by atoms with Crippen molar-refractivity contribution in [3.05, 3.63) is 47.8 Å². The first-order chi connectivity index (χ1) is 10.5. The summed E-state index contributed by atoms with van der Waals surface area (Å²) >= 11 is 0. The first kappa shape index (κ1) is 13.5. The Balaban J connectivity index is 1.50. The van der Waals surface area contributed by atoms with E-state index in [4.69, 9.17) is 0 Å². The summed E-state index contributed by atoms with van der Waals surface area (Å²) in [5.41, 5.74) is 1.87. The van der Waals surface area contributed by atoms with Crippen LogP contribution in [-0.4, -0.2) is 42.0 Å². The van der Waals surface area contributed by atoms with Gasteiger partial charge in [0.05, 0.1) is 6.20 Å². The fourth-order valence-corrected chi connectivity index (χ4v) is 4.23. The Morgan fingerprint density at radius 3 is 2.77 bits per heavy atom. The summed E-state index contributed by atoms with van der Waals surface area (Å²) in [5.74, 6) is 1.06. The van der Waals surface area contributed by atoms with Crippen LogP contribution in [0.2, 0.25) is 0 Å². The zero-order chi connectivity index (χ0) is 15.3. The Bertz CT molecular complexity index is 863. The Morgan fingerprint density at radius 1 is 1.27 bits per heavy atom. The van der Waals surface area contributed by atoms with E-state index in [0.29, 0.717) is 16.6 Å². The van der Waals surface area contributed by atoms with Crippen molar-refractivity contribution in [3.63, 3.8) is 0 Å². The fraction of sp³-hybridized carbons (Fsp3) is 0.333. The number of sulfonamides is 1. The summed E-state index contributed by atoms with van der Waals surface area (Å²) in [7, 11) is -3.52. The van der Waals surface area contributed by atoms with E-state index in [1.54, 1.807) is 12.1 Å². The van der Waals surface area contributed by atoms with Gasteiger partial charge in [0.2, 0.25) is 0 Å². The van der Waals surface area contributed by atoms with E-state index in [1.165, 1.54) is 0 Å². The topological polar surface area (TPSA) is 67.6 Å². The molecular formula is C15H16N4O2S. The molecule has 1 aromatic carbocycles. The highest BCUT2D eigenvalue weighted by Crippen LogP contribution is 2.30. The number of hydrogen-bond acceptors (Lipinski definition) is 4. The summed E-state index contributed by atoms with van der Waals surface area (Å²) in [6.07, 6.45) is 3.87. The second-order valence-electron chi connectivity index (χ2n) is 5.90. The first-order valence-corrected chi connectivity index (χ1v) is 8.65. The lowest BCUT2D eigenvalue weighted by atomic mass is 9.98. The van der Waals surface area contributed by atoms with Gasteiger partial charge in [-0.25, -0.2) is 0 Å². The highest BCUT2D eigenvalue weighted by Gasteiger charge is 2.37. The van der Waals surface area contributed by atoms with Crippen LogP contribution in [0.25, 0.3) is 0 Å². The molecule has 22 heavy (non-hydrogen) atoms. The quantitative estimate of drug-likeness (QED) is 0.837. The maximum atomic E-state index is 12.1. The molecule has 2 aliphatic rings. The molecule has 1 aromatic heterocycles. The summed E-state index contributed by atoms with van der Waals surface area (Å²) < 4.78 is 30.0. The molecule has 0 N–H and O–H groups in total. The lowest BCUT2D eigenvalue weighted by Gasteiger charge is -2.40. The summed E-state index contributed by atoms with van der Waals surface area (Å²) in [4.78, 5) is 2.35. The normalized spacial score (nSPS) is 19.7. The molecule has 6 nitrogen and oxygen atoms in total. The van der Waals surface area contributed by atoms with Crippen molar-refractivity contribution < 1.29 is 8.42 Å². The standard InChI is InChI=1S/C15H16N4O2S/c1-11-6-16-19(7-11)10-12-8-18(9-12)15-13-4-2-3-5-14(13)22(20,21)17-15/h2-7,12H,8-10H2,1H3. The van der Waals surface area contributed by atoms with Crippen molar-refractivity contribution in [2.75, 3.05) is 13.1 Å². The molecule has 0 aliphatic carbocycles. The van der Waals surface area contributed by atoms with Gasteiger partial charge >= 0.3 is 0 Å². The third-order valence-corrected chi connectivity index (χ3v) is 5.40. The second kappa shape index (κ2) is 4.67. The molecule has 0 atom stereocenters. The zero-order valence-electron chi connectivity index (χ0n) is 12.2. The minimum Gasteiger partial charge on any atom is -0.355 e. The molecular weight excluding hydrogens is 300 g/mol. The van der Waals surface area contributed by atoms with Crippen molar-refractivity contribution in [2.45, 2.75) is 18.4 Å². The molecule has 0 saturated carbocycles. The number of benzene rings is 1. The lowest BCUT2D eigenvalue weighted by molar-refractivity contribution is 0.164. The number of likely N-dealkylation sites (tertiary alicyclic amines) is 1.